The minimum atomic E-state index is -0.485. The minimum absolute atomic E-state index is 0.113. The number of halogens is 1. The van der Waals surface area contributed by atoms with Crippen LogP contribution in [0, 0.1) is 6.92 Å². The van der Waals surface area contributed by atoms with Gasteiger partial charge in [-0.15, -0.1) is 0 Å². The van der Waals surface area contributed by atoms with E-state index in [0.29, 0.717) is 14.2 Å². The number of thiocarbonyl (C=S) groups is 1. The van der Waals surface area contributed by atoms with Crippen LogP contribution in [-0.4, -0.2) is 32.7 Å². The molecule has 5 nitrogen and oxygen atoms in total. The molecule has 3 rings (SSSR count). The number of carbonyl (C=O) groups is 2. The Balaban J connectivity index is 1.73. The first kappa shape index (κ1) is 19.4. The molecule has 1 fully saturated rings. The first-order chi connectivity index (χ1) is 12.8. The molecule has 2 N–H and O–H groups in total. The highest BCUT2D eigenvalue weighted by Gasteiger charge is 2.33. The summed E-state index contributed by atoms with van der Waals surface area (Å²) in [4.78, 5) is 26.6. The Morgan fingerprint density at radius 2 is 2.07 bits per heavy atom. The Labute approximate surface area is 171 Å². The topological polar surface area (TPSA) is 69.6 Å². The largest absolute Gasteiger partial charge is 0.506 e. The highest BCUT2D eigenvalue weighted by molar-refractivity contribution is 8.26. The fraction of sp³-hybridized carbons (Fsp3) is 0.105. The Hall–Kier alpha value is -2.35. The summed E-state index contributed by atoms with van der Waals surface area (Å²) in [6, 6.07) is 12.0. The molecule has 0 aliphatic carbocycles. The highest BCUT2D eigenvalue weighted by Crippen LogP contribution is 2.33. The van der Waals surface area contributed by atoms with Gasteiger partial charge in [-0.05, 0) is 42.3 Å². The molecule has 27 heavy (non-hydrogen) atoms. The number of phenols is 1. The van der Waals surface area contributed by atoms with E-state index in [0.717, 1.165) is 22.9 Å². The number of phenolic OH excluding ortho intramolecular Hbond substituents is 1. The predicted octanol–water partition coefficient (Wildman–Crippen LogP) is 4.19. The molecule has 1 aliphatic rings. The fourth-order valence-corrected chi connectivity index (χ4v) is 3.89. The summed E-state index contributed by atoms with van der Waals surface area (Å²) in [5.74, 6) is -0.919. The quantitative estimate of drug-likeness (QED) is 0.442. The van der Waals surface area contributed by atoms with Crippen molar-refractivity contribution in [2.24, 2.45) is 0 Å². The summed E-state index contributed by atoms with van der Waals surface area (Å²) in [5, 5.41) is 12.7. The number of amides is 2. The number of nitrogens with zero attached hydrogens (tertiary/aromatic N) is 1. The van der Waals surface area contributed by atoms with Crippen LogP contribution < -0.4 is 5.32 Å². The van der Waals surface area contributed by atoms with Crippen molar-refractivity contribution in [2.45, 2.75) is 6.92 Å². The second-order valence-electron chi connectivity index (χ2n) is 5.83. The van der Waals surface area contributed by atoms with E-state index in [2.05, 4.69) is 5.32 Å². The van der Waals surface area contributed by atoms with E-state index in [1.54, 1.807) is 6.08 Å². The standard InChI is InChI=1S/C19H15ClN2O3S2/c1-11-4-2-3-5-12(11)8-16-18(25)22(19(26)27-16)10-17(24)21-14-9-13(20)6-7-15(14)23/h2-9,23H,10H2,1H3,(H,21,24)/b16-8-. The van der Waals surface area contributed by atoms with E-state index < -0.39 is 5.91 Å². The number of hydrogen-bond donors (Lipinski definition) is 2. The summed E-state index contributed by atoms with van der Waals surface area (Å²) in [6.07, 6.45) is 1.77. The van der Waals surface area contributed by atoms with E-state index >= 15 is 0 Å². The minimum Gasteiger partial charge on any atom is -0.506 e. The van der Waals surface area contributed by atoms with Crippen LogP contribution >= 0.6 is 35.6 Å². The van der Waals surface area contributed by atoms with Crippen molar-refractivity contribution in [3.05, 3.63) is 63.5 Å². The summed E-state index contributed by atoms with van der Waals surface area (Å²) >= 11 is 12.3. The smallest absolute Gasteiger partial charge is 0.266 e. The molecule has 2 aromatic rings. The maximum atomic E-state index is 12.6. The van der Waals surface area contributed by atoms with Gasteiger partial charge < -0.3 is 10.4 Å². The van der Waals surface area contributed by atoms with Crippen LogP contribution in [0.1, 0.15) is 11.1 Å². The van der Waals surface area contributed by atoms with Crippen molar-refractivity contribution < 1.29 is 14.7 Å². The van der Waals surface area contributed by atoms with Gasteiger partial charge in [0.25, 0.3) is 5.91 Å². The van der Waals surface area contributed by atoms with Gasteiger partial charge in [0.2, 0.25) is 5.91 Å². The zero-order valence-corrected chi connectivity index (χ0v) is 16.6. The normalized spacial score (nSPS) is 15.5. The zero-order chi connectivity index (χ0) is 19.6. The molecule has 0 atom stereocenters. The van der Waals surface area contributed by atoms with Crippen LogP contribution in [0.15, 0.2) is 47.4 Å². The highest BCUT2D eigenvalue weighted by atomic mass is 35.5. The lowest BCUT2D eigenvalue weighted by molar-refractivity contribution is -0.126. The third-order valence-electron chi connectivity index (χ3n) is 3.88. The summed E-state index contributed by atoms with van der Waals surface area (Å²) in [5.41, 5.74) is 2.14. The van der Waals surface area contributed by atoms with Crippen molar-refractivity contribution in [2.75, 3.05) is 11.9 Å². The van der Waals surface area contributed by atoms with E-state index in [1.807, 2.05) is 31.2 Å². The lowest BCUT2D eigenvalue weighted by atomic mass is 10.1. The molecule has 0 saturated carbocycles. The lowest BCUT2D eigenvalue weighted by Crippen LogP contribution is -2.36. The van der Waals surface area contributed by atoms with Crippen molar-refractivity contribution in [3.8, 4) is 5.75 Å². The molecule has 0 aromatic heterocycles. The molecule has 1 saturated heterocycles. The number of benzene rings is 2. The van der Waals surface area contributed by atoms with Crippen molar-refractivity contribution in [1.29, 1.82) is 0 Å². The van der Waals surface area contributed by atoms with E-state index in [9.17, 15) is 14.7 Å². The number of aryl methyl sites for hydroxylation is 1. The van der Waals surface area contributed by atoms with Crippen molar-refractivity contribution in [3.63, 3.8) is 0 Å². The van der Waals surface area contributed by atoms with Gasteiger partial charge in [-0.3, -0.25) is 14.5 Å². The zero-order valence-electron chi connectivity index (χ0n) is 14.2. The molecule has 8 heteroatoms. The monoisotopic (exact) mass is 418 g/mol. The average molecular weight is 419 g/mol. The van der Waals surface area contributed by atoms with Gasteiger partial charge in [-0.25, -0.2) is 0 Å². The van der Waals surface area contributed by atoms with Crippen LogP contribution in [0.5, 0.6) is 5.75 Å². The Bertz CT molecular complexity index is 975. The van der Waals surface area contributed by atoms with Gasteiger partial charge in [0.05, 0.1) is 10.6 Å². The van der Waals surface area contributed by atoms with Gasteiger partial charge in [0.1, 0.15) is 16.6 Å². The maximum absolute atomic E-state index is 12.6. The molecule has 1 heterocycles. The molecule has 2 amide bonds. The van der Waals surface area contributed by atoms with Crippen LogP contribution in [0.25, 0.3) is 6.08 Å². The number of carbonyl (C=O) groups excluding carboxylic acids is 2. The molecule has 2 aromatic carbocycles. The summed E-state index contributed by atoms with van der Waals surface area (Å²) in [6.45, 7) is 1.71. The molecule has 1 aliphatic heterocycles. The number of hydrogen-bond acceptors (Lipinski definition) is 5. The Morgan fingerprint density at radius 3 is 2.81 bits per heavy atom. The second kappa shape index (κ2) is 8.12. The molecule has 0 bridgehead atoms. The Morgan fingerprint density at radius 1 is 1.33 bits per heavy atom. The number of nitrogens with one attached hydrogen (secondary N) is 1. The van der Waals surface area contributed by atoms with Crippen LogP contribution in [0.3, 0.4) is 0 Å². The predicted molar refractivity (Wildman–Crippen MR) is 113 cm³/mol. The number of anilines is 1. The lowest BCUT2D eigenvalue weighted by Gasteiger charge is -2.14. The van der Waals surface area contributed by atoms with Crippen molar-refractivity contribution in [1.82, 2.24) is 4.90 Å². The summed E-state index contributed by atoms with van der Waals surface area (Å²) < 4.78 is 0.310. The van der Waals surface area contributed by atoms with E-state index in [4.69, 9.17) is 23.8 Å². The van der Waals surface area contributed by atoms with Crippen LogP contribution in [-0.2, 0) is 9.59 Å². The van der Waals surface area contributed by atoms with Gasteiger partial charge in [-0.2, -0.15) is 0 Å². The SMILES string of the molecule is Cc1ccccc1/C=C1\SC(=S)N(CC(=O)Nc2cc(Cl)ccc2O)C1=O. The number of aromatic hydroxyl groups is 1. The van der Waals surface area contributed by atoms with Gasteiger partial charge >= 0.3 is 0 Å². The van der Waals surface area contributed by atoms with Crippen LogP contribution in [0.4, 0.5) is 5.69 Å². The average Bonchev–Trinajstić information content (AvgIpc) is 2.87. The Kier molecular flexibility index (Phi) is 5.84. The molecule has 0 spiro atoms. The summed E-state index contributed by atoms with van der Waals surface area (Å²) in [7, 11) is 0. The van der Waals surface area contributed by atoms with Crippen molar-refractivity contribution >= 4 is 63.5 Å². The second-order valence-corrected chi connectivity index (χ2v) is 7.95. The fourth-order valence-electron chi connectivity index (χ4n) is 2.47. The van der Waals surface area contributed by atoms with Gasteiger partial charge in [-0.1, -0.05) is 59.8 Å². The molecule has 0 unspecified atom stereocenters. The molecular formula is C19H15ClN2O3S2. The number of rotatable bonds is 4. The van der Waals surface area contributed by atoms with Crippen LogP contribution in [0.2, 0.25) is 5.02 Å². The third-order valence-corrected chi connectivity index (χ3v) is 5.50. The van der Waals surface area contributed by atoms with E-state index in [1.165, 1.54) is 23.1 Å². The molecule has 0 radical (unpaired) electrons. The maximum Gasteiger partial charge on any atom is 0.266 e. The third kappa shape index (κ3) is 4.50. The first-order valence-corrected chi connectivity index (χ1v) is 9.55. The van der Waals surface area contributed by atoms with Gasteiger partial charge in [0.15, 0.2) is 0 Å². The van der Waals surface area contributed by atoms with Gasteiger partial charge in [0, 0.05) is 5.02 Å². The molecular weight excluding hydrogens is 404 g/mol. The number of thioether (sulfide) groups is 1. The first-order valence-electron chi connectivity index (χ1n) is 7.94. The van der Waals surface area contributed by atoms with E-state index in [-0.39, 0.29) is 23.9 Å². The molecule has 138 valence electrons.